The summed E-state index contributed by atoms with van der Waals surface area (Å²) in [5.41, 5.74) is 0. The first-order valence-electron chi connectivity index (χ1n) is 1.42. The van der Waals surface area contributed by atoms with Crippen LogP contribution in [0.15, 0.2) is 9.65 Å². The molecule has 30 valence electrons. The van der Waals surface area contributed by atoms with E-state index in [-0.39, 0.29) is 0 Å². The summed E-state index contributed by atoms with van der Waals surface area (Å²) >= 11 is 0. The second kappa shape index (κ2) is 4.83. The number of hydrogen-bond acceptors (Lipinski definition) is 1. The minimum absolute atomic E-state index is 0.941. The molecular formula is C2H4BN2P. The SMILES string of the molecule is [B]N=CN=PC. The van der Waals surface area contributed by atoms with Crippen LogP contribution in [0, 0.1) is 0 Å². The Hall–Kier alpha value is -0.165. The standard InChI is InChI=1S/C2H4BN2P/c1-6-5-2-4-3/h2H,1H3. The maximum absolute atomic E-state index is 4.69. The first-order valence-corrected chi connectivity index (χ1v) is 2.72. The van der Waals surface area contributed by atoms with E-state index in [0.29, 0.717) is 0 Å². The lowest BCUT2D eigenvalue weighted by Gasteiger charge is -1.63. The lowest BCUT2D eigenvalue weighted by molar-refractivity contribution is 1.79. The highest BCUT2D eigenvalue weighted by Gasteiger charge is 1.50. The predicted octanol–water partition coefficient (Wildman–Crippen LogP) is 0.858. The first kappa shape index (κ1) is 5.83. The van der Waals surface area contributed by atoms with E-state index >= 15 is 0 Å². The van der Waals surface area contributed by atoms with Crippen molar-refractivity contribution in [1.29, 1.82) is 0 Å². The van der Waals surface area contributed by atoms with Gasteiger partial charge in [0.05, 0.1) is 6.34 Å². The Kier molecular flexibility index (Phi) is 4.70. The van der Waals surface area contributed by atoms with E-state index in [1.807, 2.05) is 6.66 Å². The molecule has 0 unspecified atom stereocenters. The largest absolute Gasteiger partial charge is 0.347 e. The van der Waals surface area contributed by atoms with Crippen LogP contribution in [0.5, 0.6) is 0 Å². The average molecular weight is 97.9 g/mol. The zero-order valence-electron chi connectivity index (χ0n) is 3.50. The fourth-order valence-electron chi connectivity index (χ4n) is 0.0815. The van der Waals surface area contributed by atoms with Gasteiger partial charge in [-0.25, -0.2) is 4.74 Å². The summed E-state index contributed by atoms with van der Waals surface area (Å²) in [6.45, 7) is 1.89. The molecule has 0 bridgehead atoms. The maximum Gasteiger partial charge on any atom is 0.261 e. The fraction of sp³-hybridized carbons (Fsp3) is 0.500. The van der Waals surface area contributed by atoms with Gasteiger partial charge in [0.2, 0.25) is 0 Å². The smallest absolute Gasteiger partial charge is 0.261 e. The Morgan fingerprint density at radius 3 is 2.67 bits per heavy atom. The van der Waals surface area contributed by atoms with Crippen molar-refractivity contribution in [2.45, 2.75) is 0 Å². The Morgan fingerprint density at radius 1 is 1.83 bits per heavy atom. The third kappa shape index (κ3) is 3.83. The van der Waals surface area contributed by atoms with E-state index < -0.39 is 0 Å². The molecule has 4 heteroatoms. The van der Waals surface area contributed by atoms with Gasteiger partial charge in [-0.2, -0.15) is 0 Å². The van der Waals surface area contributed by atoms with Crippen molar-refractivity contribution in [3.05, 3.63) is 0 Å². The lowest BCUT2D eigenvalue weighted by atomic mass is 10.5. The van der Waals surface area contributed by atoms with Gasteiger partial charge in [-0.3, -0.25) is 0 Å². The van der Waals surface area contributed by atoms with Crippen LogP contribution in [0.2, 0.25) is 0 Å². The summed E-state index contributed by atoms with van der Waals surface area (Å²) < 4.78 is 3.65. The Labute approximate surface area is 40.0 Å². The van der Waals surface area contributed by atoms with Gasteiger partial charge in [-0.15, -0.1) is 0 Å². The van der Waals surface area contributed by atoms with Crippen LogP contribution in [0.25, 0.3) is 0 Å². The molecule has 2 nitrogen and oxygen atoms in total. The summed E-state index contributed by atoms with van der Waals surface area (Å²) in [6, 6.07) is 0. The molecule has 2 radical (unpaired) electrons. The van der Waals surface area contributed by atoms with E-state index in [1.54, 1.807) is 0 Å². The highest BCUT2D eigenvalue weighted by Crippen LogP contribution is 1.83. The molecule has 6 heavy (non-hydrogen) atoms. The molecule has 0 aromatic rings. The van der Waals surface area contributed by atoms with Crippen LogP contribution < -0.4 is 0 Å². The molecule has 0 saturated carbocycles. The lowest BCUT2D eigenvalue weighted by Crippen LogP contribution is -1.55. The molecule has 0 aromatic carbocycles. The molecular weight excluding hydrogens is 93.8 g/mol. The zero-order valence-corrected chi connectivity index (χ0v) is 4.39. The Bertz CT molecular complexity index is 59.9. The van der Waals surface area contributed by atoms with Crippen LogP contribution >= 0.6 is 8.37 Å². The van der Waals surface area contributed by atoms with Crippen molar-refractivity contribution < 1.29 is 0 Å². The molecule has 0 spiro atoms. The molecule has 0 rings (SSSR count). The van der Waals surface area contributed by atoms with Crippen molar-refractivity contribution in [3.8, 4) is 0 Å². The number of rotatable bonds is 1. The minimum atomic E-state index is 0.941. The molecule has 0 amide bonds. The van der Waals surface area contributed by atoms with Gasteiger partial charge in [0.25, 0.3) is 7.98 Å². The van der Waals surface area contributed by atoms with Crippen molar-refractivity contribution in [2.24, 2.45) is 9.65 Å². The van der Waals surface area contributed by atoms with Crippen molar-refractivity contribution >= 4 is 22.7 Å². The monoisotopic (exact) mass is 98.0 g/mol. The summed E-state index contributed by atoms with van der Waals surface area (Å²) in [5, 5.41) is 0. The van der Waals surface area contributed by atoms with E-state index in [0.717, 1.165) is 8.37 Å². The van der Waals surface area contributed by atoms with Gasteiger partial charge < -0.3 is 4.90 Å². The van der Waals surface area contributed by atoms with Crippen LogP contribution in [-0.4, -0.2) is 21.0 Å². The van der Waals surface area contributed by atoms with Gasteiger partial charge in [0, 0.05) is 8.37 Å². The summed E-state index contributed by atoms with van der Waals surface area (Å²) in [7, 11) is 5.63. The van der Waals surface area contributed by atoms with E-state index in [1.165, 1.54) is 6.34 Å². The van der Waals surface area contributed by atoms with Crippen LogP contribution in [0.4, 0.5) is 0 Å². The van der Waals surface area contributed by atoms with Crippen LogP contribution in [0.3, 0.4) is 0 Å². The second-order valence-corrected chi connectivity index (χ2v) is 1.21. The molecule has 0 aliphatic carbocycles. The number of nitrogens with zero attached hydrogens (tertiary/aromatic N) is 2. The molecule has 0 aliphatic rings. The highest BCUT2D eigenvalue weighted by molar-refractivity contribution is 7.26. The third-order valence-corrected chi connectivity index (χ3v) is 0.568. The Balaban J connectivity index is 3.07. The van der Waals surface area contributed by atoms with E-state index in [9.17, 15) is 0 Å². The molecule has 0 heterocycles. The molecule has 0 N–H and O–H groups in total. The highest BCUT2D eigenvalue weighted by atomic mass is 31.1. The fourth-order valence-corrected chi connectivity index (χ4v) is 0.244. The van der Waals surface area contributed by atoms with Crippen molar-refractivity contribution in [1.82, 2.24) is 0 Å². The van der Waals surface area contributed by atoms with Gasteiger partial charge in [0.15, 0.2) is 0 Å². The summed E-state index contributed by atoms with van der Waals surface area (Å²) in [4.78, 5) is 3.13. The molecule has 0 saturated heterocycles. The van der Waals surface area contributed by atoms with Crippen molar-refractivity contribution in [3.63, 3.8) is 0 Å². The van der Waals surface area contributed by atoms with Crippen LogP contribution in [0.1, 0.15) is 0 Å². The van der Waals surface area contributed by atoms with Gasteiger partial charge in [-0.05, 0) is 6.66 Å². The first-order chi connectivity index (χ1) is 2.91. The Morgan fingerprint density at radius 2 is 2.50 bits per heavy atom. The minimum Gasteiger partial charge on any atom is -0.347 e. The van der Waals surface area contributed by atoms with E-state index in [4.69, 9.17) is 0 Å². The van der Waals surface area contributed by atoms with Gasteiger partial charge in [-0.1, -0.05) is 0 Å². The van der Waals surface area contributed by atoms with E-state index in [2.05, 4.69) is 17.6 Å². The predicted molar refractivity (Wildman–Crippen MR) is 29.5 cm³/mol. The molecule has 0 atom stereocenters. The zero-order chi connectivity index (χ0) is 4.83. The van der Waals surface area contributed by atoms with Gasteiger partial charge in [0.1, 0.15) is 0 Å². The van der Waals surface area contributed by atoms with Crippen LogP contribution in [-0.2, 0) is 0 Å². The normalized spacial score (nSPS) is 11.5. The summed E-state index contributed by atoms with van der Waals surface area (Å²) in [6.07, 6.45) is 1.32. The van der Waals surface area contributed by atoms with Gasteiger partial charge >= 0.3 is 0 Å². The average Bonchev–Trinajstić information content (AvgIpc) is 1.61. The topological polar surface area (TPSA) is 24.7 Å². The molecule has 0 aromatic heterocycles. The number of hydrogen-bond donors (Lipinski definition) is 0. The van der Waals surface area contributed by atoms with Crippen molar-refractivity contribution in [2.75, 3.05) is 6.66 Å². The molecule has 0 fully saturated rings. The summed E-state index contributed by atoms with van der Waals surface area (Å²) in [5.74, 6) is 0. The second-order valence-electron chi connectivity index (χ2n) is 0.580. The molecule has 0 aliphatic heterocycles. The third-order valence-electron chi connectivity index (χ3n) is 0.234. The maximum atomic E-state index is 4.69. The quantitative estimate of drug-likeness (QED) is 0.201.